The summed E-state index contributed by atoms with van der Waals surface area (Å²) in [6.45, 7) is 8.86. The van der Waals surface area contributed by atoms with Crippen molar-refractivity contribution < 1.29 is 4.79 Å². The average Bonchev–Trinajstić information content (AvgIpc) is 3.15. The number of likely N-dealkylation sites (N-methyl/N-ethyl adjacent to an activating group) is 1. The van der Waals surface area contributed by atoms with Gasteiger partial charge in [0.05, 0.1) is 12.2 Å². The Kier molecular flexibility index (Phi) is 5.63. The predicted octanol–water partition coefficient (Wildman–Crippen LogP) is 1.31. The van der Waals surface area contributed by atoms with Crippen LogP contribution in [0, 0.1) is 0 Å². The molecule has 3 rings (SSSR count). The molecule has 3 heterocycles. The Morgan fingerprint density at radius 2 is 2.13 bits per heavy atom. The fraction of sp³-hybridized carbons (Fsp3) is 0.750. The molecule has 2 aliphatic heterocycles. The number of rotatable bonds is 5. The van der Waals surface area contributed by atoms with Gasteiger partial charge in [0.15, 0.2) is 5.13 Å². The van der Waals surface area contributed by atoms with Crippen LogP contribution in [-0.2, 0) is 11.3 Å². The highest BCUT2D eigenvalue weighted by Crippen LogP contribution is 2.19. The van der Waals surface area contributed by atoms with Gasteiger partial charge in [-0.15, -0.1) is 11.3 Å². The minimum Gasteiger partial charge on any atom is -0.304 e. The fourth-order valence-electron chi connectivity index (χ4n) is 3.36. The number of thiazole rings is 1. The molecule has 0 spiro atoms. The summed E-state index contributed by atoms with van der Waals surface area (Å²) in [6, 6.07) is 0.418. The van der Waals surface area contributed by atoms with Crippen LogP contribution in [0.25, 0.3) is 0 Å². The highest BCUT2D eigenvalue weighted by atomic mass is 32.1. The standard InChI is InChI=1S/C16H27N5OS/c1-13-9-19(2)7-8-21(13)11-15(22)18-16-17-14(12-23-16)10-20-5-3-4-6-20/h12-13H,3-11H2,1-2H3,(H,17,18,22). The lowest BCUT2D eigenvalue weighted by molar-refractivity contribution is -0.118. The Morgan fingerprint density at radius 3 is 2.87 bits per heavy atom. The van der Waals surface area contributed by atoms with Gasteiger partial charge in [0.1, 0.15) is 0 Å². The van der Waals surface area contributed by atoms with E-state index < -0.39 is 0 Å². The lowest BCUT2D eigenvalue weighted by Gasteiger charge is -2.37. The van der Waals surface area contributed by atoms with Gasteiger partial charge in [-0.25, -0.2) is 4.98 Å². The number of carbonyl (C=O) groups is 1. The van der Waals surface area contributed by atoms with Crippen molar-refractivity contribution in [3.05, 3.63) is 11.1 Å². The number of hydrogen-bond acceptors (Lipinski definition) is 6. The molecular weight excluding hydrogens is 310 g/mol. The van der Waals surface area contributed by atoms with E-state index in [9.17, 15) is 4.79 Å². The van der Waals surface area contributed by atoms with Crippen LogP contribution in [0.3, 0.4) is 0 Å². The zero-order valence-electron chi connectivity index (χ0n) is 14.1. The maximum atomic E-state index is 12.3. The van der Waals surface area contributed by atoms with Crippen molar-refractivity contribution in [2.24, 2.45) is 0 Å². The van der Waals surface area contributed by atoms with Crippen molar-refractivity contribution in [3.8, 4) is 0 Å². The monoisotopic (exact) mass is 337 g/mol. The predicted molar refractivity (Wildman–Crippen MR) is 93.8 cm³/mol. The molecule has 1 aromatic rings. The third-order valence-corrected chi connectivity index (χ3v) is 5.50. The summed E-state index contributed by atoms with van der Waals surface area (Å²) < 4.78 is 0. The molecule has 7 heteroatoms. The molecular formula is C16H27N5OS. The molecule has 2 aliphatic rings. The Morgan fingerprint density at radius 1 is 1.35 bits per heavy atom. The SMILES string of the molecule is CC1CN(C)CCN1CC(=O)Nc1nc(CN2CCCC2)cs1. The molecule has 1 aromatic heterocycles. The molecule has 1 atom stereocenters. The third-order valence-electron chi connectivity index (χ3n) is 4.70. The normalized spacial score (nSPS) is 24.2. The summed E-state index contributed by atoms with van der Waals surface area (Å²) in [6.07, 6.45) is 2.58. The molecule has 2 saturated heterocycles. The molecule has 23 heavy (non-hydrogen) atoms. The minimum atomic E-state index is 0.0449. The number of nitrogens with one attached hydrogen (secondary N) is 1. The van der Waals surface area contributed by atoms with Crippen LogP contribution >= 0.6 is 11.3 Å². The summed E-state index contributed by atoms with van der Waals surface area (Å²) in [7, 11) is 2.13. The second-order valence-electron chi connectivity index (χ2n) is 6.76. The van der Waals surface area contributed by atoms with Gasteiger partial charge in [0.2, 0.25) is 5.91 Å². The largest absolute Gasteiger partial charge is 0.304 e. The van der Waals surface area contributed by atoms with E-state index in [-0.39, 0.29) is 5.91 Å². The fourth-order valence-corrected chi connectivity index (χ4v) is 4.08. The topological polar surface area (TPSA) is 51.7 Å². The minimum absolute atomic E-state index is 0.0449. The number of anilines is 1. The lowest BCUT2D eigenvalue weighted by Crippen LogP contribution is -2.52. The zero-order chi connectivity index (χ0) is 16.2. The highest BCUT2D eigenvalue weighted by Gasteiger charge is 2.23. The maximum absolute atomic E-state index is 12.3. The van der Waals surface area contributed by atoms with E-state index in [0.29, 0.717) is 12.6 Å². The zero-order valence-corrected chi connectivity index (χ0v) is 14.9. The summed E-state index contributed by atoms with van der Waals surface area (Å²) >= 11 is 1.53. The van der Waals surface area contributed by atoms with Gasteiger partial charge in [-0.3, -0.25) is 14.6 Å². The molecule has 0 bridgehead atoms. The highest BCUT2D eigenvalue weighted by molar-refractivity contribution is 7.13. The van der Waals surface area contributed by atoms with E-state index in [1.807, 2.05) is 0 Å². The van der Waals surface area contributed by atoms with Gasteiger partial charge in [-0.1, -0.05) is 0 Å². The van der Waals surface area contributed by atoms with Gasteiger partial charge < -0.3 is 10.2 Å². The lowest BCUT2D eigenvalue weighted by atomic mass is 10.2. The number of likely N-dealkylation sites (tertiary alicyclic amines) is 1. The van der Waals surface area contributed by atoms with Crippen molar-refractivity contribution in [1.29, 1.82) is 0 Å². The van der Waals surface area contributed by atoms with Crippen molar-refractivity contribution in [2.45, 2.75) is 32.4 Å². The summed E-state index contributed by atoms with van der Waals surface area (Å²) in [4.78, 5) is 23.8. The molecule has 0 aromatic carbocycles. The third kappa shape index (κ3) is 4.73. The van der Waals surface area contributed by atoms with Crippen LogP contribution in [0.4, 0.5) is 5.13 Å². The van der Waals surface area contributed by atoms with Crippen LogP contribution in [0.5, 0.6) is 0 Å². The average molecular weight is 337 g/mol. The quantitative estimate of drug-likeness (QED) is 0.878. The molecule has 1 N–H and O–H groups in total. The molecule has 128 valence electrons. The first-order valence-electron chi connectivity index (χ1n) is 8.49. The number of carbonyl (C=O) groups excluding carboxylic acids is 1. The first kappa shape index (κ1) is 16.8. The van der Waals surface area contributed by atoms with Crippen molar-refractivity contribution in [3.63, 3.8) is 0 Å². The van der Waals surface area contributed by atoms with Crippen molar-refractivity contribution in [2.75, 3.05) is 51.6 Å². The number of piperazine rings is 1. The molecule has 1 unspecified atom stereocenters. The van der Waals surface area contributed by atoms with E-state index in [1.54, 1.807) is 0 Å². The van der Waals surface area contributed by atoms with E-state index in [0.717, 1.165) is 37.0 Å². The van der Waals surface area contributed by atoms with Gasteiger partial charge in [0, 0.05) is 37.6 Å². The van der Waals surface area contributed by atoms with E-state index in [1.165, 1.54) is 37.3 Å². The van der Waals surface area contributed by atoms with Crippen LogP contribution < -0.4 is 5.32 Å². The van der Waals surface area contributed by atoms with Gasteiger partial charge in [-0.2, -0.15) is 0 Å². The van der Waals surface area contributed by atoms with Crippen molar-refractivity contribution >= 4 is 22.4 Å². The molecule has 0 aliphatic carbocycles. The van der Waals surface area contributed by atoms with Crippen LogP contribution in [-0.4, -0.2) is 77.9 Å². The Bertz CT molecular complexity index is 528. The van der Waals surface area contributed by atoms with Gasteiger partial charge >= 0.3 is 0 Å². The van der Waals surface area contributed by atoms with Gasteiger partial charge in [0.25, 0.3) is 0 Å². The van der Waals surface area contributed by atoms with E-state index >= 15 is 0 Å². The molecule has 0 radical (unpaired) electrons. The first-order valence-corrected chi connectivity index (χ1v) is 9.37. The Balaban J connectivity index is 1.47. The Hall–Kier alpha value is -1.02. The van der Waals surface area contributed by atoms with E-state index in [2.05, 4.69) is 44.4 Å². The summed E-state index contributed by atoms with van der Waals surface area (Å²) in [5.74, 6) is 0.0449. The second-order valence-corrected chi connectivity index (χ2v) is 7.62. The second kappa shape index (κ2) is 7.70. The molecule has 1 amide bonds. The molecule has 6 nitrogen and oxygen atoms in total. The molecule has 2 fully saturated rings. The number of nitrogens with zero attached hydrogens (tertiary/aromatic N) is 4. The Labute approximate surface area is 142 Å². The first-order chi connectivity index (χ1) is 11.1. The smallest absolute Gasteiger partial charge is 0.240 e. The number of hydrogen-bond donors (Lipinski definition) is 1. The van der Waals surface area contributed by atoms with Crippen LogP contribution in [0.1, 0.15) is 25.5 Å². The number of amides is 1. The molecule has 0 saturated carbocycles. The van der Waals surface area contributed by atoms with Crippen molar-refractivity contribution in [1.82, 2.24) is 19.7 Å². The summed E-state index contributed by atoms with van der Waals surface area (Å²) in [5.41, 5.74) is 1.07. The van der Waals surface area contributed by atoms with Crippen LogP contribution in [0.15, 0.2) is 5.38 Å². The number of aromatic nitrogens is 1. The summed E-state index contributed by atoms with van der Waals surface area (Å²) in [5, 5.41) is 5.75. The van der Waals surface area contributed by atoms with Gasteiger partial charge in [-0.05, 0) is 39.9 Å². The maximum Gasteiger partial charge on any atom is 0.240 e. The van der Waals surface area contributed by atoms with E-state index in [4.69, 9.17) is 0 Å². The van der Waals surface area contributed by atoms with Crippen LogP contribution in [0.2, 0.25) is 0 Å².